The van der Waals surface area contributed by atoms with E-state index >= 15 is 0 Å². The van der Waals surface area contributed by atoms with Crippen LogP contribution < -0.4 is 21.3 Å². The van der Waals surface area contributed by atoms with E-state index in [1.165, 1.54) is 0 Å². The van der Waals surface area contributed by atoms with Crippen LogP contribution in [0.3, 0.4) is 0 Å². The van der Waals surface area contributed by atoms with Crippen molar-refractivity contribution in [3.05, 3.63) is 30.1 Å². The molecule has 3 rings (SSSR count). The van der Waals surface area contributed by atoms with E-state index in [0.29, 0.717) is 29.8 Å². The molecule has 0 saturated carbocycles. The van der Waals surface area contributed by atoms with E-state index in [9.17, 15) is 0 Å². The summed E-state index contributed by atoms with van der Waals surface area (Å²) in [7, 11) is 1.58. The number of ether oxygens (including phenoxy) is 1. The highest BCUT2D eigenvalue weighted by atomic mass is 16.5. The van der Waals surface area contributed by atoms with Gasteiger partial charge in [-0.15, -0.1) is 0 Å². The van der Waals surface area contributed by atoms with Gasteiger partial charge in [-0.05, 0) is 5.56 Å². The number of pyridine rings is 1. The maximum absolute atomic E-state index is 5.36. The van der Waals surface area contributed by atoms with Crippen molar-refractivity contribution in [3.63, 3.8) is 0 Å². The standard InChI is InChI=1S/C12H14N8O/c1-21-9-3-2-7(4-14-9)5-15-10-8-6-16-20-11(8)18-12(17-10)19-13/h2-4,6H,5,13H2,1H3,(H3,15,16,17,18,19,20). The largest absolute Gasteiger partial charge is 0.481 e. The summed E-state index contributed by atoms with van der Waals surface area (Å²) in [6.07, 6.45) is 3.39. The predicted molar refractivity (Wildman–Crippen MR) is 77.6 cm³/mol. The number of hydrogen-bond donors (Lipinski definition) is 4. The fourth-order valence-electron chi connectivity index (χ4n) is 1.86. The third-order valence-electron chi connectivity index (χ3n) is 2.91. The van der Waals surface area contributed by atoms with Gasteiger partial charge in [0.05, 0.1) is 18.7 Å². The number of aromatic nitrogens is 5. The molecule has 21 heavy (non-hydrogen) atoms. The minimum absolute atomic E-state index is 0.308. The highest BCUT2D eigenvalue weighted by Gasteiger charge is 2.08. The minimum atomic E-state index is 0.308. The lowest BCUT2D eigenvalue weighted by Crippen LogP contribution is -2.12. The van der Waals surface area contributed by atoms with Crippen LogP contribution in [-0.4, -0.2) is 32.3 Å². The molecule has 0 atom stereocenters. The normalized spacial score (nSPS) is 10.6. The molecule has 0 spiro atoms. The number of hydrazine groups is 1. The molecule has 0 aliphatic heterocycles. The first-order valence-electron chi connectivity index (χ1n) is 6.20. The van der Waals surface area contributed by atoms with Crippen LogP contribution in [0.4, 0.5) is 11.8 Å². The Morgan fingerprint density at radius 2 is 2.19 bits per heavy atom. The maximum atomic E-state index is 5.36. The molecule has 0 saturated heterocycles. The molecule has 3 aromatic heterocycles. The van der Waals surface area contributed by atoms with Gasteiger partial charge in [-0.3, -0.25) is 10.5 Å². The number of H-pyrrole nitrogens is 1. The van der Waals surface area contributed by atoms with E-state index in [1.807, 2.05) is 6.07 Å². The monoisotopic (exact) mass is 286 g/mol. The lowest BCUT2D eigenvalue weighted by atomic mass is 10.3. The highest BCUT2D eigenvalue weighted by molar-refractivity contribution is 5.86. The van der Waals surface area contributed by atoms with E-state index in [1.54, 1.807) is 25.6 Å². The number of hydrogen-bond acceptors (Lipinski definition) is 8. The first-order chi connectivity index (χ1) is 10.3. The Hall–Kier alpha value is -2.94. The van der Waals surface area contributed by atoms with Crippen molar-refractivity contribution in [3.8, 4) is 5.88 Å². The van der Waals surface area contributed by atoms with Gasteiger partial charge in [0.1, 0.15) is 5.82 Å². The molecule has 0 unspecified atom stereocenters. The maximum Gasteiger partial charge on any atom is 0.241 e. The summed E-state index contributed by atoms with van der Waals surface area (Å²) in [6.45, 7) is 0.554. The van der Waals surface area contributed by atoms with Crippen LogP contribution in [0.2, 0.25) is 0 Å². The van der Waals surface area contributed by atoms with Crippen molar-refractivity contribution in [2.24, 2.45) is 5.84 Å². The first kappa shape index (κ1) is 13.1. The Bertz CT molecular complexity index is 739. The van der Waals surface area contributed by atoms with Crippen LogP contribution in [0, 0.1) is 0 Å². The summed E-state index contributed by atoms with van der Waals surface area (Å²) in [5.74, 6) is 6.88. The second kappa shape index (κ2) is 5.59. The van der Waals surface area contributed by atoms with E-state index in [2.05, 4.69) is 35.9 Å². The fourth-order valence-corrected chi connectivity index (χ4v) is 1.86. The number of methoxy groups -OCH3 is 1. The van der Waals surface area contributed by atoms with Crippen LogP contribution >= 0.6 is 0 Å². The Morgan fingerprint density at radius 1 is 1.29 bits per heavy atom. The molecule has 108 valence electrons. The van der Waals surface area contributed by atoms with Gasteiger partial charge in [-0.2, -0.15) is 15.1 Å². The number of rotatable bonds is 5. The van der Waals surface area contributed by atoms with Gasteiger partial charge in [0, 0.05) is 18.8 Å². The van der Waals surface area contributed by atoms with Gasteiger partial charge >= 0.3 is 0 Å². The average Bonchev–Trinajstić information content (AvgIpc) is 3.01. The molecule has 0 radical (unpaired) electrons. The molecular weight excluding hydrogens is 272 g/mol. The van der Waals surface area contributed by atoms with Gasteiger partial charge in [-0.1, -0.05) is 6.07 Å². The summed E-state index contributed by atoms with van der Waals surface area (Å²) in [4.78, 5) is 12.6. The van der Waals surface area contributed by atoms with Crippen molar-refractivity contribution in [1.29, 1.82) is 0 Å². The molecule has 0 amide bonds. The van der Waals surface area contributed by atoms with Crippen LogP contribution in [0.5, 0.6) is 5.88 Å². The number of nitrogens with zero attached hydrogens (tertiary/aromatic N) is 4. The lowest BCUT2D eigenvalue weighted by Gasteiger charge is -2.08. The fraction of sp³-hybridized carbons (Fsp3) is 0.167. The molecule has 9 nitrogen and oxygen atoms in total. The van der Waals surface area contributed by atoms with Gasteiger partial charge < -0.3 is 10.1 Å². The molecule has 0 fully saturated rings. The number of nitrogen functional groups attached to an aromatic ring is 1. The van der Waals surface area contributed by atoms with Gasteiger partial charge in [-0.25, -0.2) is 10.8 Å². The van der Waals surface area contributed by atoms with Crippen molar-refractivity contribution < 1.29 is 4.74 Å². The summed E-state index contributed by atoms with van der Waals surface area (Å²) in [5, 5.41) is 10.7. The number of fused-ring (bicyclic) bond motifs is 1. The van der Waals surface area contributed by atoms with Gasteiger partial charge in [0.15, 0.2) is 5.65 Å². The molecule has 3 heterocycles. The molecular formula is C12H14N8O. The summed E-state index contributed by atoms with van der Waals surface area (Å²) in [6, 6.07) is 3.73. The minimum Gasteiger partial charge on any atom is -0.481 e. The quantitative estimate of drug-likeness (QED) is 0.398. The Kier molecular flexibility index (Phi) is 3.48. The van der Waals surface area contributed by atoms with Crippen molar-refractivity contribution in [2.45, 2.75) is 6.54 Å². The van der Waals surface area contributed by atoms with Crippen molar-refractivity contribution >= 4 is 22.8 Å². The van der Waals surface area contributed by atoms with Crippen LogP contribution in [0.1, 0.15) is 5.56 Å². The van der Waals surface area contributed by atoms with Crippen LogP contribution in [0.25, 0.3) is 11.0 Å². The predicted octanol–water partition coefficient (Wildman–Crippen LogP) is 0.654. The van der Waals surface area contributed by atoms with E-state index < -0.39 is 0 Å². The topological polar surface area (TPSA) is 127 Å². The Balaban J connectivity index is 1.81. The zero-order valence-corrected chi connectivity index (χ0v) is 11.3. The number of nitrogens with one attached hydrogen (secondary N) is 3. The number of aromatic amines is 1. The van der Waals surface area contributed by atoms with E-state index in [4.69, 9.17) is 10.6 Å². The third kappa shape index (κ3) is 2.67. The molecule has 5 N–H and O–H groups in total. The highest BCUT2D eigenvalue weighted by Crippen LogP contribution is 2.20. The van der Waals surface area contributed by atoms with E-state index in [-0.39, 0.29) is 0 Å². The Labute approximate surface area is 119 Å². The molecule has 0 bridgehead atoms. The van der Waals surface area contributed by atoms with Crippen molar-refractivity contribution in [1.82, 2.24) is 25.1 Å². The second-order valence-electron chi connectivity index (χ2n) is 4.23. The van der Waals surface area contributed by atoms with E-state index in [0.717, 1.165) is 10.9 Å². The molecule has 3 aromatic rings. The summed E-state index contributed by atoms with van der Waals surface area (Å²) >= 11 is 0. The van der Waals surface area contributed by atoms with Gasteiger partial charge in [0.2, 0.25) is 11.8 Å². The second-order valence-corrected chi connectivity index (χ2v) is 4.23. The lowest BCUT2D eigenvalue weighted by molar-refractivity contribution is 0.397. The van der Waals surface area contributed by atoms with Gasteiger partial charge in [0.25, 0.3) is 0 Å². The third-order valence-corrected chi connectivity index (χ3v) is 2.91. The summed E-state index contributed by atoms with van der Waals surface area (Å²) in [5.41, 5.74) is 4.02. The zero-order chi connectivity index (χ0) is 14.7. The molecule has 0 aliphatic rings. The smallest absolute Gasteiger partial charge is 0.241 e. The SMILES string of the molecule is COc1ccc(CNc2nc(NN)nc3[nH]ncc23)cn1. The molecule has 0 aliphatic carbocycles. The number of nitrogens with two attached hydrogens (primary N) is 1. The van der Waals surface area contributed by atoms with Crippen LogP contribution in [0.15, 0.2) is 24.5 Å². The first-order valence-corrected chi connectivity index (χ1v) is 6.20. The van der Waals surface area contributed by atoms with Crippen LogP contribution in [-0.2, 0) is 6.54 Å². The molecule has 0 aromatic carbocycles. The zero-order valence-electron chi connectivity index (χ0n) is 11.3. The van der Waals surface area contributed by atoms with Crippen molar-refractivity contribution in [2.75, 3.05) is 17.9 Å². The molecule has 9 heteroatoms. The average molecular weight is 286 g/mol. The Morgan fingerprint density at radius 3 is 2.90 bits per heavy atom. The summed E-state index contributed by atoms with van der Waals surface area (Å²) < 4.78 is 5.02. The number of anilines is 2.